The number of amides is 2. The molecule has 2 aromatic carbocycles. The molecule has 1 heterocycles. The van der Waals surface area contributed by atoms with Crippen molar-refractivity contribution in [3.8, 4) is 11.5 Å². The first-order chi connectivity index (χ1) is 12.4. The molecule has 1 aliphatic rings. The quantitative estimate of drug-likeness (QED) is 0.896. The van der Waals surface area contributed by atoms with E-state index in [1.165, 1.54) is 6.92 Å². The van der Waals surface area contributed by atoms with Gasteiger partial charge in [-0.25, -0.2) is 0 Å². The molecule has 3 rings (SSSR count). The van der Waals surface area contributed by atoms with Crippen molar-refractivity contribution in [3.63, 3.8) is 0 Å². The molecule has 136 valence electrons. The third-order valence-electron chi connectivity index (χ3n) is 4.06. The van der Waals surface area contributed by atoms with Gasteiger partial charge in [0.15, 0.2) is 6.10 Å². The fourth-order valence-corrected chi connectivity index (χ4v) is 2.88. The zero-order valence-electron chi connectivity index (χ0n) is 15.1. The predicted octanol–water partition coefficient (Wildman–Crippen LogP) is 3.15. The van der Waals surface area contributed by atoms with E-state index in [0.29, 0.717) is 30.3 Å². The van der Waals surface area contributed by atoms with Crippen molar-refractivity contribution in [2.75, 3.05) is 23.4 Å². The summed E-state index contributed by atoms with van der Waals surface area (Å²) in [7, 11) is 0. The van der Waals surface area contributed by atoms with E-state index in [4.69, 9.17) is 9.47 Å². The fraction of sp³-hybridized carbons (Fsp3) is 0.300. The highest BCUT2D eigenvalue weighted by Gasteiger charge is 2.31. The molecule has 0 saturated heterocycles. The topological polar surface area (TPSA) is 67.9 Å². The normalized spacial score (nSPS) is 15.9. The Morgan fingerprint density at radius 1 is 1.27 bits per heavy atom. The van der Waals surface area contributed by atoms with Crippen molar-refractivity contribution in [2.24, 2.45) is 0 Å². The van der Waals surface area contributed by atoms with Gasteiger partial charge in [0, 0.05) is 18.7 Å². The summed E-state index contributed by atoms with van der Waals surface area (Å²) in [6.07, 6.45) is -0.589. The molecular formula is C20H22N2O4. The van der Waals surface area contributed by atoms with Gasteiger partial charge in [-0.1, -0.05) is 12.1 Å². The lowest BCUT2D eigenvalue weighted by Crippen LogP contribution is -2.46. The van der Waals surface area contributed by atoms with Crippen LogP contribution in [0.5, 0.6) is 11.5 Å². The first-order valence-corrected chi connectivity index (χ1v) is 8.53. The predicted molar refractivity (Wildman–Crippen MR) is 99.9 cm³/mol. The highest BCUT2D eigenvalue weighted by Crippen LogP contribution is 2.36. The molecule has 26 heavy (non-hydrogen) atoms. The van der Waals surface area contributed by atoms with Gasteiger partial charge in [0.05, 0.1) is 12.2 Å². The first kappa shape index (κ1) is 17.8. The number of anilines is 2. The van der Waals surface area contributed by atoms with Crippen LogP contribution in [0.4, 0.5) is 11.4 Å². The van der Waals surface area contributed by atoms with E-state index in [0.717, 1.165) is 11.3 Å². The molecule has 0 fully saturated rings. The van der Waals surface area contributed by atoms with Crippen LogP contribution in [0.1, 0.15) is 19.4 Å². The zero-order valence-corrected chi connectivity index (χ0v) is 15.1. The van der Waals surface area contributed by atoms with Crippen molar-refractivity contribution in [2.45, 2.75) is 26.9 Å². The van der Waals surface area contributed by atoms with Crippen molar-refractivity contribution in [1.82, 2.24) is 0 Å². The summed E-state index contributed by atoms with van der Waals surface area (Å²) in [5.41, 5.74) is 2.43. The van der Waals surface area contributed by atoms with E-state index in [1.807, 2.05) is 31.2 Å². The molecule has 2 aromatic rings. The molecule has 0 aromatic heterocycles. The number of hydrogen-bond acceptors (Lipinski definition) is 4. The van der Waals surface area contributed by atoms with Crippen molar-refractivity contribution in [1.29, 1.82) is 0 Å². The number of carbonyl (C=O) groups excluding carboxylic acids is 2. The molecule has 2 amide bonds. The molecule has 1 unspecified atom stereocenters. The van der Waals surface area contributed by atoms with E-state index in [9.17, 15) is 9.59 Å². The van der Waals surface area contributed by atoms with Gasteiger partial charge in [-0.05, 0) is 43.7 Å². The summed E-state index contributed by atoms with van der Waals surface area (Å²) in [5, 5.41) is 2.72. The van der Waals surface area contributed by atoms with E-state index in [-0.39, 0.29) is 11.8 Å². The van der Waals surface area contributed by atoms with Gasteiger partial charge in [-0.2, -0.15) is 0 Å². The highest BCUT2D eigenvalue weighted by molar-refractivity contribution is 6.00. The third kappa shape index (κ3) is 3.96. The summed E-state index contributed by atoms with van der Waals surface area (Å²) in [4.78, 5) is 25.4. The lowest BCUT2D eigenvalue weighted by atomic mass is 10.1. The van der Waals surface area contributed by atoms with Gasteiger partial charge >= 0.3 is 0 Å². The largest absolute Gasteiger partial charge is 0.492 e. The second-order valence-electron chi connectivity index (χ2n) is 6.28. The molecular weight excluding hydrogens is 332 g/mol. The number of nitrogens with one attached hydrogen (secondary N) is 1. The SMILES string of the molecule is CC(=O)Nc1ccc2c(c1)OC(C)C(=O)N2CCOc1cccc(C)c1. The number of benzene rings is 2. The molecule has 0 radical (unpaired) electrons. The molecule has 0 saturated carbocycles. The maximum atomic E-state index is 12.5. The minimum absolute atomic E-state index is 0.113. The fourth-order valence-electron chi connectivity index (χ4n) is 2.88. The van der Waals surface area contributed by atoms with Gasteiger partial charge in [0.25, 0.3) is 5.91 Å². The van der Waals surface area contributed by atoms with E-state index in [2.05, 4.69) is 5.32 Å². The molecule has 0 bridgehead atoms. The van der Waals surface area contributed by atoms with Crippen LogP contribution < -0.4 is 19.7 Å². The van der Waals surface area contributed by atoms with Crippen molar-refractivity contribution >= 4 is 23.2 Å². The Labute approximate surface area is 152 Å². The van der Waals surface area contributed by atoms with Gasteiger partial charge in [-0.15, -0.1) is 0 Å². The average molecular weight is 354 g/mol. The molecule has 6 heteroatoms. The second kappa shape index (κ2) is 7.47. The molecule has 1 N–H and O–H groups in total. The van der Waals surface area contributed by atoms with E-state index < -0.39 is 6.10 Å². The van der Waals surface area contributed by atoms with Crippen LogP contribution in [0.15, 0.2) is 42.5 Å². The van der Waals surface area contributed by atoms with E-state index >= 15 is 0 Å². The van der Waals surface area contributed by atoms with Crippen molar-refractivity contribution < 1.29 is 19.1 Å². The summed E-state index contributed by atoms with van der Waals surface area (Å²) < 4.78 is 11.5. The second-order valence-corrected chi connectivity index (χ2v) is 6.28. The van der Waals surface area contributed by atoms with Crippen LogP contribution in [-0.2, 0) is 9.59 Å². The zero-order chi connectivity index (χ0) is 18.7. The molecule has 1 atom stereocenters. The van der Waals surface area contributed by atoms with Crippen LogP contribution in [0.2, 0.25) is 0 Å². The van der Waals surface area contributed by atoms with Crippen molar-refractivity contribution in [3.05, 3.63) is 48.0 Å². The first-order valence-electron chi connectivity index (χ1n) is 8.53. The minimum atomic E-state index is -0.589. The lowest BCUT2D eigenvalue weighted by Gasteiger charge is -2.33. The molecule has 1 aliphatic heterocycles. The lowest BCUT2D eigenvalue weighted by molar-refractivity contribution is -0.125. The Hall–Kier alpha value is -3.02. The number of nitrogens with zero attached hydrogens (tertiary/aromatic N) is 1. The standard InChI is InChI=1S/C20H22N2O4/c1-13-5-4-6-17(11-13)25-10-9-22-18-8-7-16(21-15(3)23)12-19(18)26-14(2)20(22)24/h4-8,11-12,14H,9-10H2,1-3H3,(H,21,23). The summed E-state index contributed by atoms with van der Waals surface area (Å²) in [6.45, 7) is 5.94. The summed E-state index contributed by atoms with van der Waals surface area (Å²) in [5.74, 6) is 1.07. The van der Waals surface area contributed by atoms with Gasteiger partial charge in [0.2, 0.25) is 5.91 Å². The number of hydrogen-bond donors (Lipinski definition) is 1. The number of carbonyl (C=O) groups is 2. The summed E-state index contributed by atoms with van der Waals surface area (Å²) in [6, 6.07) is 13.0. The third-order valence-corrected chi connectivity index (χ3v) is 4.06. The number of rotatable bonds is 5. The monoisotopic (exact) mass is 354 g/mol. The molecule has 6 nitrogen and oxygen atoms in total. The Morgan fingerprint density at radius 2 is 2.08 bits per heavy atom. The van der Waals surface area contributed by atoms with Crippen LogP contribution >= 0.6 is 0 Å². The average Bonchev–Trinajstić information content (AvgIpc) is 2.58. The van der Waals surface area contributed by atoms with Crippen LogP contribution in [0.25, 0.3) is 0 Å². The molecule has 0 aliphatic carbocycles. The Bertz CT molecular complexity index is 834. The van der Waals surface area contributed by atoms with Crippen LogP contribution in [0, 0.1) is 6.92 Å². The highest BCUT2D eigenvalue weighted by atomic mass is 16.5. The van der Waals surface area contributed by atoms with Crippen LogP contribution in [0.3, 0.4) is 0 Å². The van der Waals surface area contributed by atoms with Crippen LogP contribution in [-0.4, -0.2) is 31.1 Å². The van der Waals surface area contributed by atoms with Gasteiger partial charge in [0.1, 0.15) is 18.1 Å². The minimum Gasteiger partial charge on any atom is -0.492 e. The van der Waals surface area contributed by atoms with E-state index in [1.54, 1.807) is 30.0 Å². The van der Waals surface area contributed by atoms with Gasteiger partial charge in [-0.3, -0.25) is 9.59 Å². The Morgan fingerprint density at radius 3 is 2.81 bits per heavy atom. The number of aryl methyl sites for hydroxylation is 1. The maximum Gasteiger partial charge on any atom is 0.267 e. The maximum absolute atomic E-state index is 12.5. The number of ether oxygens (including phenoxy) is 2. The number of fused-ring (bicyclic) bond motifs is 1. The smallest absolute Gasteiger partial charge is 0.267 e. The Balaban J connectivity index is 1.74. The Kier molecular flexibility index (Phi) is 5.11. The molecule has 0 spiro atoms. The van der Waals surface area contributed by atoms with Gasteiger partial charge < -0.3 is 19.7 Å². The summed E-state index contributed by atoms with van der Waals surface area (Å²) >= 11 is 0.